The number of carbonyl (C=O) groups is 1. The molecule has 0 bridgehead atoms. The predicted molar refractivity (Wildman–Crippen MR) is 77.6 cm³/mol. The molecule has 1 aromatic carbocycles. The number of halogens is 1. The van der Waals surface area contributed by atoms with Crippen LogP contribution in [0.4, 0.5) is 0 Å². The molecule has 0 amide bonds. The molecule has 5 nitrogen and oxygen atoms in total. The maximum absolute atomic E-state index is 10.7. The topological polar surface area (TPSA) is 81.8 Å². The van der Waals surface area contributed by atoms with Gasteiger partial charge in [0, 0.05) is 23.0 Å². The van der Waals surface area contributed by atoms with Gasteiger partial charge in [0.05, 0.1) is 13.2 Å². The lowest BCUT2D eigenvalue weighted by atomic mass is 10.0. The first kappa shape index (κ1) is 16.6. The van der Waals surface area contributed by atoms with Gasteiger partial charge in [-0.3, -0.25) is 4.79 Å². The van der Waals surface area contributed by atoms with Crippen molar-refractivity contribution in [2.24, 2.45) is 5.73 Å². The molecule has 3 N–H and O–H groups in total. The lowest BCUT2D eigenvalue weighted by molar-refractivity contribution is -0.137. The zero-order valence-corrected chi connectivity index (χ0v) is 12.6. The molecule has 112 valence electrons. The fourth-order valence-electron chi connectivity index (χ4n) is 1.84. The second-order valence-corrected chi connectivity index (χ2v) is 5.11. The van der Waals surface area contributed by atoms with Gasteiger partial charge in [-0.2, -0.15) is 0 Å². The van der Waals surface area contributed by atoms with Crippen LogP contribution >= 0.6 is 11.6 Å². The number of ether oxygens (including phenoxy) is 2. The highest BCUT2D eigenvalue weighted by molar-refractivity contribution is 6.31. The van der Waals surface area contributed by atoms with Gasteiger partial charge in [0.25, 0.3) is 0 Å². The average Bonchev–Trinajstić information content (AvgIpc) is 2.36. The molecular formula is C14H20ClNO4. The van der Waals surface area contributed by atoms with Gasteiger partial charge in [0.2, 0.25) is 0 Å². The van der Waals surface area contributed by atoms with Gasteiger partial charge in [-0.1, -0.05) is 11.6 Å². The SMILES string of the molecule is COc1ccc(Cl)c(C(N)CCC(=O)O)c1OC(C)C. The van der Waals surface area contributed by atoms with Gasteiger partial charge in [-0.25, -0.2) is 0 Å². The predicted octanol–water partition coefficient (Wildman–Crippen LogP) is 3.00. The molecule has 1 atom stereocenters. The number of benzene rings is 1. The monoisotopic (exact) mass is 301 g/mol. The summed E-state index contributed by atoms with van der Waals surface area (Å²) in [5.41, 5.74) is 6.65. The van der Waals surface area contributed by atoms with Crippen LogP contribution in [0.3, 0.4) is 0 Å². The fourth-order valence-corrected chi connectivity index (χ4v) is 2.13. The summed E-state index contributed by atoms with van der Waals surface area (Å²) >= 11 is 6.19. The lowest BCUT2D eigenvalue weighted by Gasteiger charge is -2.22. The summed E-state index contributed by atoms with van der Waals surface area (Å²) in [5.74, 6) is 0.113. The Balaban J connectivity index is 3.16. The molecule has 0 aliphatic carbocycles. The first-order valence-electron chi connectivity index (χ1n) is 6.37. The van der Waals surface area contributed by atoms with Crippen molar-refractivity contribution in [3.63, 3.8) is 0 Å². The maximum Gasteiger partial charge on any atom is 0.303 e. The minimum absolute atomic E-state index is 0.0319. The van der Waals surface area contributed by atoms with Gasteiger partial charge < -0.3 is 20.3 Å². The number of aliphatic carboxylic acids is 1. The molecule has 0 radical (unpaired) electrons. The van der Waals surface area contributed by atoms with Crippen LogP contribution in [0.5, 0.6) is 11.5 Å². The first-order valence-corrected chi connectivity index (χ1v) is 6.75. The van der Waals surface area contributed by atoms with Crippen LogP contribution in [0.1, 0.15) is 38.3 Å². The molecule has 0 aromatic heterocycles. The van der Waals surface area contributed by atoms with Crippen molar-refractivity contribution in [2.75, 3.05) is 7.11 Å². The summed E-state index contributed by atoms with van der Waals surface area (Å²) in [6.07, 6.45) is 0.166. The van der Waals surface area contributed by atoms with Crippen LogP contribution in [-0.4, -0.2) is 24.3 Å². The van der Waals surface area contributed by atoms with Crippen molar-refractivity contribution in [2.45, 2.75) is 38.8 Å². The molecule has 6 heteroatoms. The molecule has 0 heterocycles. The van der Waals surface area contributed by atoms with Crippen molar-refractivity contribution in [1.29, 1.82) is 0 Å². The van der Waals surface area contributed by atoms with E-state index in [9.17, 15) is 4.79 Å². The standard InChI is InChI=1S/C14H20ClNO4/c1-8(2)20-14-11(19-3)6-4-9(15)13(14)10(16)5-7-12(17)18/h4,6,8,10H,5,7,16H2,1-3H3,(H,17,18). The van der Waals surface area contributed by atoms with Crippen LogP contribution in [-0.2, 0) is 4.79 Å². The van der Waals surface area contributed by atoms with Crippen molar-refractivity contribution in [3.8, 4) is 11.5 Å². The van der Waals surface area contributed by atoms with E-state index in [1.807, 2.05) is 13.8 Å². The number of nitrogens with two attached hydrogens (primary N) is 1. The molecule has 20 heavy (non-hydrogen) atoms. The highest BCUT2D eigenvalue weighted by Crippen LogP contribution is 2.40. The quantitative estimate of drug-likeness (QED) is 0.809. The molecule has 1 aromatic rings. The van der Waals surface area contributed by atoms with Gasteiger partial charge in [0.1, 0.15) is 0 Å². The van der Waals surface area contributed by atoms with Gasteiger partial charge >= 0.3 is 5.97 Å². The second-order valence-electron chi connectivity index (χ2n) is 4.70. The zero-order chi connectivity index (χ0) is 15.3. The summed E-state index contributed by atoms with van der Waals surface area (Å²) < 4.78 is 11.0. The second kappa shape index (κ2) is 7.36. The molecule has 0 aliphatic heterocycles. The van der Waals surface area contributed by atoms with Crippen molar-refractivity contribution in [1.82, 2.24) is 0 Å². The van der Waals surface area contributed by atoms with Crippen molar-refractivity contribution < 1.29 is 19.4 Å². The molecule has 1 unspecified atom stereocenters. The summed E-state index contributed by atoms with van der Waals surface area (Å²) in [6, 6.07) is 2.85. The van der Waals surface area contributed by atoms with Crippen LogP contribution < -0.4 is 15.2 Å². The number of carboxylic acids is 1. The molecule has 0 aliphatic rings. The molecular weight excluding hydrogens is 282 g/mol. The Labute approximate surface area is 123 Å². The van der Waals surface area contributed by atoms with Crippen LogP contribution in [0.2, 0.25) is 5.02 Å². The number of hydrogen-bond donors (Lipinski definition) is 2. The van der Waals surface area contributed by atoms with E-state index in [1.165, 1.54) is 7.11 Å². The minimum Gasteiger partial charge on any atom is -0.493 e. The van der Waals surface area contributed by atoms with Gasteiger partial charge in [-0.15, -0.1) is 0 Å². The number of rotatable bonds is 7. The Kier molecular flexibility index (Phi) is 6.10. The first-order chi connectivity index (χ1) is 9.36. The number of hydrogen-bond acceptors (Lipinski definition) is 4. The van der Waals surface area contributed by atoms with Crippen LogP contribution in [0, 0.1) is 0 Å². The van der Waals surface area contributed by atoms with Crippen LogP contribution in [0.15, 0.2) is 12.1 Å². The highest BCUT2D eigenvalue weighted by atomic mass is 35.5. The average molecular weight is 302 g/mol. The molecule has 0 saturated carbocycles. The Bertz CT molecular complexity index is 476. The molecule has 1 rings (SSSR count). The smallest absolute Gasteiger partial charge is 0.303 e. The van der Waals surface area contributed by atoms with E-state index in [0.717, 1.165) is 0 Å². The van der Waals surface area contributed by atoms with E-state index in [1.54, 1.807) is 12.1 Å². The Morgan fingerprint density at radius 1 is 1.45 bits per heavy atom. The number of carboxylic acid groups (broad SMARTS) is 1. The van der Waals surface area contributed by atoms with E-state index in [4.69, 9.17) is 31.9 Å². The van der Waals surface area contributed by atoms with E-state index in [-0.39, 0.29) is 18.9 Å². The summed E-state index contributed by atoms with van der Waals surface area (Å²) in [4.78, 5) is 10.7. The number of methoxy groups -OCH3 is 1. The third-order valence-corrected chi connectivity index (χ3v) is 3.05. The molecule has 0 spiro atoms. The maximum atomic E-state index is 10.7. The minimum atomic E-state index is -0.897. The van der Waals surface area contributed by atoms with Gasteiger partial charge in [-0.05, 0) is 32.4 Å². The Morgan fingerprint density at radius 3 is 2.60 bits per heavy atom. The van der Waals surface area contributed by atoms with E-state index < -0.39 is 12.0 Å². The van der Waals surface area contributed by atoms with Crippen LogP contribution in [0.25, 0.3) is 0 Å². The van der Waals surface area contributed by atoms with E-state index >= 15 is 0 Å². The molecule has 0 fully saturated rings. The molecule has 0 saturated heterocycles. The fraction of sp³-hybridized carbons (Fsp3) is 0.500. The highest BCUT2D eigenvalue weighted by Gasteiger charge is 2.21. The van der Waals surface area contributed by atoms with Crippen molar-refractivity contribution in [3.05, 3.63) is 22.7 Å². The van der Waals surface area contributed by atoms with E-state index in [2.05, 4.69) is 0 Å². The normalized spacial score (nSPS) is 12.3. The van der Waals surface area contributed by atoms with Gasteiger partial charge in [0.15, 0.2) is 11.5 Å². The van der Waals surface area contributed by atoms with E-state index in [0.29, 0.717) is 22.1 Å². The summed E-state index contributed by atoms with van der Waals surface area (Å²) in [6.45, 7) is 3.76. The zero-order valence-electron chi connectivity index (χ0n) is 11.9. The Morgan fingerprint density at radius 2 is 2.10 bits per heavy atom. The third kappa shape index (κ3) is 4.28. The lowest BCUT2D eigenvalue weighted by Crippen LogP contribution is -2.17. The third-order valence-electron chi connectivity index (χ3n) is 2.72. The summed E-state index contributed by atoms with van der Waals surface area (Å²) in [5, 5.41) is 9.19. The van der Waals surface area contributed by atoms with Crippen molar-refractivity contribution >= 4 is 17.6 Å². The Hall–Kier alpha value is -1.46. The summed E-state index contributed by atoms with van der Waals surface area (Å²) in [7, 11) is 1.53. The largest absolute Gasteiger partial charge is 0.493 e.